The van der Waals surface area contributed by atoms with Crippen LogP contribution in [0.5, 0.6) is 11.5 Å². The van der Waals surface area contributed by atoms with Gasteiger partial charge in [-0.1, -0.05) is 39.8 Å². The van der Waals surface area contributed by atoms with E-state index in [0.717, 1.165) is 12.0 Å². The molecule has 2 aromatic carbocycles. The highest BCUT2D eigenvalue weighted by atomic mass is 19.1. The van der Waals surface area contributed by atoms with Gasteiger partial charge in [0.05, 0.1) is 13.7 Å². The van der Waals surface area contributed by atoms with Crippen LogP contribution >= 0.6 is 0 Å². The van der Waals surface area contributed by atoms with E-state index in [0.29, 0.717) is 23.7 Å². The Kier molecular flexibility index (Phi) is 5.30. The van der Waals surface area contributed by atoms with E-state index in [9.17, 15) is 4.39 Å². The van der Waals surface area contributed by atoms with Crippen molar-refractivity contribution in [3.63, 3.8) is 0 Å². The number of benzene rings is 2. The fourth-order valence-corrected chi connectivity index (χ4v) is 2.26. The highest BCUT2D eigenvalue weighted by molar-refractivity contribution is 5.72. The Labute approximate surface area is 138 Å². The highest BCUT2D eigenvalue weighted by Crippen LogP contribution is 2.35. The second kappa shape index (κ2) is 7.03. The summed E-state index contributed by atoms with van der Waals surface area (Å²) < 4.78 is 25.6. The van der Waals surface area contributed by atoms with E-state index in [1.165, 1.54) is 11.6 Å². The molecule has 0 radical (unpaired) electrons. The van der Waals surface area contributed by atoms with Crippen molar-refractivity contribution < 1.29 is 13.9 Å². The summed E-state index contributed by atoms with van der Waals surface area (Å²) in [7, 11) is 1.58. The second-order valence-corrected chi connectivity index (χ2v) is 6.88. The zero-order valence-electron chi connectivity index (χ0n) is 14.6. The normalized spacial score (nSPS) is 11.4. The van der Waals surface area contributed by atoms with Crippen LogP contribution < -0.4 is 9.47 Å². The van der Waals surface area contributed by atoms with E-state index in [-0.39, 0.29) is 11.2 Å². The monoisotopic (exact) mass is 316 g/mol. The molecule has 0 heterocycles. The first-order valence-corrected chi connectivity index (χ1v) is 7.93. The van der Waals surface area contributed by atoms with E-state index in [1.54, 1.807) is 19.2 Å². The average Bonchev–Trinajstić information content (AvgIpc) is 2.52. The van der Waals surface area contributed by atoms with Crippen LogP contribution in [-0.4, -0.2) is 13.7 Å². The molecule has 0 atom stereocenters. The lowest BCUT2D eigenvalue weighted by atomic mass is 9.98. The third-order valence-electron chi connectivity index (χ3n) is 3.58. The van der Waals surface area contributed by atoms with Crippen molar-refractivity contribution in [1.29, 1.82) is 0 Å². The molecule has 0 saturated carbocycles. The molecule has 124 valence electrons. The smallest absolute Gasteiger partial charge is 0.131 e. The Bertz CT molecular complexity index is 672. The number of hydrogen-bond acceptors (Lipinski definition) is 2. The molecule has 0 aliphatic heterocycles. The molecular formula is C20H25FO2. The van der Waals surface area contributed by atoms with Gasteiger partial charge in [-0.3, -0.25) is 0 Å². The molecule has 0 aliphatic rings. The summed E-state index contributed by atoms with van der Waals surface area (Å²) in [4.78, 5) is 0. The maximum atomic E-state index is 14.3. The topological polar surface area (TPSA) is 18.5 Å². The second-order valence-electron chi connectivity index (χ2n) is 6.88. The van der Waals surface area contributed by atoms with E-state index in [2.05, 4.69) is 27.7 Å². The minimum absolute atomic E-state index is 0.0341. The maximum Gasteiger partial charge on any atom is 0.131 e. The van der Waals surface area contributed by atoms with E-state index in [1.807, 2.05) is 18.2 Å². The molecule has 2 rings (SSSR count). The number of hydrogen-bond donors (Lipinski definition) is 0. The van der Waals surface area contributed by atoms with Crippen LogP contribution in [0.25, 0.3) is 11.1 Å². The van der Waals surface area contributed by atoms with Gasteiger partial charge >= 0.3 is 0 Å². The molecule has 0 aliphatic carbocycles. The zero-order chi connectivity index (χ0) is 17.0. The molecule has 0 unspecified atom stereocenters. The molecule has 2 aromatic rings. The van der Waals surface area contributed by atoms with Crippen molar-refractivity contribution >= 4 is 0 Å². The largest absolute Gasteiger partial charge is 0.497 e. The SMILES string of the molecule is CCc1ccc(-c2cc(OC)ccc2F)c(OCC(C)(C)C)c1. The Morgan fingerprint density at radius 3 is 2.35 bits per heavy atom. The number of halogens is 1. The molecule has 0 fully saturated rings. The highest BCUT2D eigenvalue weighted by Gasteiger charge is 2.16. The lowest BCUT2D eigenvalue weighted by Crippen LogP contribution is -2.17. The molecule has 0 spiro atoms. The van der Waals surface area contributed by atoms with Gasteiger partial charge in [-0.15, -0.1) is 0 Å². The molecule has 3 heteroatoms. The minimum Gasteiger partial charge on any atom is -0.497 e. The first-order valence-electron chi connectivity index (χ1n) is 7.93. The number of rotatable bonds is 5. The van der Waals surface area contributed by atoms with Gasteiger partial charge in [0.2, 0.25) is 0 Å². The molecule has 23 heavy (non-hydrogen) atoms. The molecule has 2 nitrogen and oxygen atoms in total. The minimum atomic E-state index is -0.282. The van der Waals surface area contributed by atoms with Gasteiger partial charge in [0.1, 0.15) is 17.3 Å². The quantitative estimate of drug-likeness (QED) is 0.726. The van der Waals surface area contributed by atoms with Crippen LogP contribution in [0.4, 0.5) is 4.39 Å². The van der Waals surface area contributed by atoms with Gasteiger partial charge in [-0.2, -0.15) is 0 Å². The van der Waals surface area contributed by atoms with Crippen molar-refractivity contribution in [2.45, 2.75) is 34.1 Å². The lowest BCUT2D eigenvalue weighted by Gasteiger charge is -2.21. The standard InChI is InChI=1S/C20H25FO2/c1-6-14-7-9-16(19(11-14)23-13-20(2,3)4)17-12-15(22-5)8-10-18(17)21/h7-12H,6,13H2,1-5H3. The molecule has 0 N–H and O–H groups in total. The average molecular weight is 316 g/mol. The summed E-state index contributed by atoms with van der Waals surface area (Å²) in [6, 6.07) is 10.7. The van der Waals surface area contributed by atoms with Crippen molar-refractivity contribution in [1.82, 2.24) is 0 Å². The van der Waals surface area contributed by atoms with Gasteiger partial charge in [-0.05, 0) is 41.7 Å². The van der Waals surface area contributed by atoms with Crippen molar-refractivity contribution in [2.75, 3.05) is 13.7 Å². The predicted octanol–water partition coefficient (Wildman–Crippen LogP) is 5.49. The summed E-state index contributed by atoms with van der Waals surface area (Å²) in [6.45, 7) is 9.00. The van der Waals surface area contributed by atoms with Gasteiger partial charge in [0.15, 0.2) is 0 Å². The Morgan fingerprint density at radius 1 is 1.00 bits per heavy atom. The van der Waals surface area contributed by atoms with Crippen LogP contribution in [0.1, 0.15) is 33.3 Å². The van der Waals surface area contributed by atoms with Crippen molar-refractivity contribution in [3.05, 3.63) is 47.8 Å². The van der Waals surface area contributed by atoms with Gasteiger partial charge in [0, 0.05) is 11.1 Å². The zero-order valence-corrected chi connectivity index (χ0v) is 14.6. The fraction of sp³-hybridized carbons (Fsp3) is 0.400. The lowest BCUT2D eigenvalue weighted by molar-refractivity contribution is 0.198. The van der Waals surface area contributed by atoms with Gasteiger partial charge < -0.3 is 9.47 Å². The summed E-state index contributed by atoms with van der Waals surface area (Å²) in [5.41, 5.74) is 2.45. The van der Waals surface area contributed by atoms with Gasteiger partial charge in [0.25, 0.3) is 0 Å². The van der Waals surface area contributed by atoms with E-state index in [4.69, 9.17) is 9.47 Å². The third-order valence-corrected chi connectivity index (χ3v) is 3.58. The fourth-order valence-electron chi connectivity index (χ4n) is 2.26. The summed E-state index contributed by atoms with van der Waals surface area (Å²) >= 11 is 0. The summed E-state index contributed by atoms with van der Waals surface area (Å²) in [5.74, 6) is 1.06. The summed E-state index contributed by atoms with van der Waals surface area (Å²) in [5, 5.41) is 0. The van der Waals surface area contributed by atoms with Crippen LogP contribution in [-0.2, 0) is 6.42 Å². The number of ether oxygens (including phenoxy) is 2. The summed E-state index contributed by atoms with van der Waals surface area (Å²) in [6.07, 6.45) is 0.909. The van der Waals surface area contributed by atoms with Crippen molar-refractivity contribution in [3.8, 4) is 22.6 Å². The van der Waals surface area contributed by atoms with E-state index >= 15 is 0 Å². The molecular weight excluding hydrogens is 291 g/mol. The molecule has 0 amide bonds. The Hall–Kier alpha value is -2.03. The van der Waals surface area contributed by atoms with Gasteiger partial charge in [-0.25, -0.2) is 4.39 Å². The first-order chi connectivity index (χ1) is 10.8. The van der Waals surface area contributed by atoms with E-state index < -0.39 is 0 Å². The van der Waals surface area contributed by atoms with Crippen molar-refractivity contribution in [2.24, 2.45) is 5.41 Å². The van der Waals surface area contributed by atoms with Crippen LogP contribution in [0.3, 0.4) is 0 Å². The molecule has 0 bridgehead atoms. The molecule has 0 saturated heterocycles. The van der Waals surface area contributed by atoms with Crippen LogP contribution in [0, 0.1) is 11.2 Å². The Balaban J connectivity index is 2.48. The number of aryl methyl sites for hydroxylation is 1. The third kappa shape index (κ3) is 4.47. The predicted molar refractivity (Wildman–Crippen MR) is 92.7 cm³/mol. The maximum absolute atomic E-state index is 14.3. The first kappa shape index (κ1) is 17.3. The Morgan fingerprint density at radius 2 is 1.74 bits per heavy atom. The van der Waals surface area contributed by atoms with Crippen LogP contribution in [0.15, 0.2) is 36.4 Å². The number of methoxy groups -OCH3 is 1. The molecule has 0 aromatic heterocycles. The van der Waals surface area contributed by atoms with Crippen LogP contribution in [0.2, 0.25) is 0 Å².